The Kier molecular flexibility index (Phi) is 3.63. The molecule has 0 radical (unpaired) electrons. The van der Waals surface area contributed by atoms with Crippen LogP contribution in [0.15, 0.2) is 10.5 Å². The summed E-state index contributed by atoms with van der Waals surface area (Å²) in [5.74, 6) is 4.07. The SMILES string of the molecule is Cc1oc(C(=O)NN)cc1CN1C(=O)COCC1=O. The Balaban J connectivity index is 2.18. The largest absolute Gasteiger partial charge is 0.456 e. The minimum absolute atomic E-state index is 0.0307. The molecule has 3 N–H and O–H groups in total. The molecule has 1 aromatic rings. The van der Waals surface area contributed by atoms with E-state index in [2.05, 4.69) is 0 Å². The Morgan fingerprint density at radius 1 is 1.42 bits per heavy atom. The molecule has 0 atom stereocenters. The Labute approximate surface area is 108 Å². The molecule has 3 amide bonds. The van der Waals surface area contributed by atoms with Gasteiger partial charge in [0.2, 0.25) is 0 Å². The van der Waals surface area contributed by atoms with Crippen LogP contribution in [-0.2, 0) is 20.9 Å². The summed E-state index contributed by atoms with van der Waals surface area (Å²) >= 11 is 0. The highest BCUT2D eigenvalue weighted by Gasteiger charge is 2.28. The minimum atomic E-state index is -0.575. The van der Waals surface area contributed by atoms with Gasteiger partial charge in [-0.15, -0.1) is 0 Å². The van der Waals surface area contributed by atoms with E-state index in [-0.39, 0.29) is 25.5 Å². The minimum Gasteiger partial charge on any atom is -0.456 e. The van der Waals surface area contributed by atoms with E-state index in [1.54, 1.807) is 6.92 Å². The van der Waals surface area contributed by atoms with Crippen molar-refractivity contribution in [3.05, 3.63) is 23.2 Å². The van der Waals surface area contributed by atoms with Gasteiger partial charge in [0.25, 0.3) is 11.8 Å². The lowest BCUT2D eigenvalue weighted by atomic mass is 10.2. The lowest BCUT2D eigenvalue weighted by molar-refractivity contribution is -0.159. The van der Waals surface area contributed by atoms with Gasteiger partial charge in [0, 0.05) is 5.56 Å². The zero-order chi connectivity index (χ0) is 14.0. The topological polar surface area (TPSA) is 115 Å². The zero-order valence-corrected chi connectivity index (χ0v) is 10.3. The quantitative estimate of drug-likeness (QED) is 0.316. The van der Waals surface area contributed by atoms with Crippen molar-refractivity contribution in [2.24, 2.45) is 5.84 Å². The fourth-order valence-electron chi connectivity index (χ4n) is 1.73. The predicted molar refractivity (Wildman–Crippen MR) is 61.5 cm³/mol. The molecule has 0 aromatic carbocycles. The van der Waals surface area contributed by atoms with Crippen molar-refractivity contribution in [2.45, 2.75) is 13.5 Å². The van der Waals surface area contributed by atoms with Crippen molar-refractivity contribution >= 4 is 17.7 Å². The number of morpholine rings is 1. The van der Waals surface area contributed by atoms with Crippen LogP contribution in [-0.4, -0.2) is 35.8 Å². The number of carbonyl (C=O) groups excluding carboxylic acids is 3. The van der Waals surface area contributed by atoms with Crippen LogP contribution in [0, 0.1) is 6.92 Å². The fraction of sp³-hybridized carbons (Fsp3) is 0.364. The highest BCUT2D eigenvalue weighted by Crippen LogP contribution is 2.18. The number of nitrogens with one attached hydrogen (secondary N) is 1. The van der Waals surface area contributed by atoms with E-state index in [1.807, 2.05) is 5.43 Å². The smallest absolute Gasteiger partial charge is 0.300 e. The number of aryl methyl sites for hydroxylation is 1. The van der Waals surface area contributed by atoms with Crippen molar-refractivity contribution in [2.75, 3.05) is 13.2 Å². The number of rotatable bonds is 3. The van der Waals surface area contributed by atoms with Crippen LogP contribution in [0.1, 0.15) is 21.9 Å². The maximum absolute atomic E-state index is 11.6. The van der Waals surface area contributed by atoms with Gasteiger partial charge in [-0.1, -0.05) is 0 Å². The number of amides is 3. The van der Waals surface area contributed by atoms with Gasteiger partial charge in [-0.2, -0.15) is 0 Å². The van der Waals surface area contributed by atoms with E-state index < -0.39 is 17.7 Å². The molecule has 0 unspecified atom stereocenters. The third-order valence-corrected chi connectivity index (χ3v) is 2.76. The van der Waals surface area contributed by atoms with Gasteiger partial charge in [-0.05, 0) is 13.0 Å². The van der Waals surface area contributed by atoms with Gasteiger partial charge in [0.1, 0.15) is 19.0 Å². The molecular formula is C11H13N3O5. The maximum Gasteiger partial charge on any atom is 0.300 e. The van der Waals surface area contributed by atoms with Crippen LogP contribution < -0.4 is 11.3 Å². The third kappa shape index (κ3) is 2.64. The number of ether oxygens (including phenoxy) is 1. The van der Waals surface area contributed by atoms with E-state index in [9.17, 15) is 14.4 Å². The number of hydrogen-bond acceptors (Lipinski definition) is 6. The molecule has 2 rings (SSSR count). The molecule has 1 fully saturated rings. The first kappa shape index (κ1) is 13.2. The number of nitrogens with two attached hydrogens (primary N) is 1. The van der Waals surface area contributed by atoms with Crippen LogP contribution in [0.3, 0.4) is 0 Å². The van der Waals surface area contributed by atoms with Crippen LogP contribution >= 0.6 is 0 Å². The number of nitrogen functional groups attached to an aromatic ring is 1. The molecule has 19 heavy (non-hydrogen) atoms. The summed E-state index contributed by atoms with van der Waals surface area (Å²) in [6, 6.07) is 1.45. The number of hydrogen-bond donors (Lipinski definition) is 2. The van der Waals surface area contributed by atoms with Crippen LogP contribution in [0.4, 0.5) is 0 Å². The first-order valence-electron chi connectivity index (χ1n) is 5.54. The Bertz CT molecular complexity index is 520. The molecule has 8 nitrogen and oxygen atoms in total. The Morgan fingerprint density at radius 2 is 2.05 bits per heavy atom. The lowest BCUT2D eigenvalue weighted by Gasteiger charge is -2.24. The van der Waals surface area contributed by atoms with Crippen LogP contribution in [0.2, 0.25) is 0 Å². The average molecular weight is 267 g/mol. The van der Waals surface area contributed by atoms with E-state index in [0.29, 0.717) is 11.3 Å². The molecular weight excluding hydrogens is 254 g/mol. The first-order chi connectivity index (χ1) is 9.02. The van der Waals surface area contributed by atoms with Crippen molar-refractivity contribution in [3.63, 3.8) is 0 Å². The summed E-state index contributed by atoms with van der Waals surface area (Å²) in [4.78, 5) is 35.5. The number of furan rings is 1. The highest BCUT2D eigenvalue weighted by atomic mass is 16.5. The van der Waals surface area contributed by atoms with Crippen molar-refractivity contribution in [1.29, 1.82) is 0 Å². The molecule has 0 bridgehead atoms. The molecule has 102 valence electrons. The summed E-state index contributed by atoms with van der Waals surface area (Å²) in [6.45, 7) is 1.43. The summed E-state index contributed by atoms with van der Waals surface area (Å²) in [7, 11) is 0. The monoisotopic (exact) mass is 267 g/mol. The Morgan fingerprint density at radius 3 is 2.63 bits per heavy atom. The molecule has 1 aliphatic heterocycles. The first-order valence-corrected chi connectivity index (χ1v) is 5.54. The van der Waals surface area contributed by atoms with Gasteiger partial charge in [-0.3, -0.25) is 24.7 Å². The van der Waals surface area contributed by atoms with E-state index in [1.165, 1.54) is 6.07 Å². The molecule has 2 heterocycles. The second-order valence-electron chi connectivity index (χ2n) is 4.03. The third-order valence-electron chi connectivity index (χ3n) is 2.76. The molecule has 1 aliphatic rings. The summed E-state index contributed by atoms with van der Waals surface area (Å²) in [6.07, 6.45) is 0. The molecule has 8 heteroatoms. The number of nitrogens with zero attached hydrogens (tertiary/aromatic N) is 1. The molecule has 0 aliphatic carbocycles. The van der Waals surface area contributed by atoms with Gasteiger partial charge < -0.3 is 9.15 Å². The standard InChI is InChI=1S/C11H13N3O5/c1-6-7(2-8(19-6)11(17)13-12)3-14-9(15)4-18-5-10(14)16/h2H,3-5,12H2,1H3,(H,13,17). The second-order valence-corrected chi connectivity index (χ2v) is 4.03. The molecule has 0 spiro atoms. The number of carbonyl (C=O) groups is 3. The van der Waals surface area contributed by atoms with Gasteiger partial charge in [-0.25, -0.2) is 5.84 Å². The van der Waals surface area contributed by atoms with Crippen molar-refractivity contribution in [3.8, 4) is 0 Å². The van der Waals surface area contributed by atoms with Crippen LogP contribution in [0.25, 0.3) is 0 Å². The highest BCUT2D eigenvalue weighted by molar-refractivity contribution is 5.98. The molecule has 1 saturated heterocycles. The normalized spacial score (nSPS) is 15.8. The van der Waals surface area contributed by atoms with Gasteiger partial charge in [0.15, 0.2) is 5.76 Å². The van der Waals surface area contributed by atoms with Gasteiger partial charge in [0.05, 0.1) is 6.54 Å². The molecule has 0 saturated carbocycles. The summed E-state index contributed by atoms with van der Waals surface area (Å²) in [5.41, 5.74) is 2.51. The fourth-order valence-corrected chi connectivity index (χ4v) is 1.73. The van der Waals surface area contributed by atoms with E-state index in [4.69, 9.17) is 15.0 Å². The average Bonchev–Trinajstić information content (AvgIpc) is 2.74. The summed E-state index contributed by atoms with van der Waals surface area (Å²) < 4.78 is 10.0. The van der Waals surface area contributed by atoms with E-state index >= 15 is 0 Å². The summed E-state index contributed by atoms with van der Waals surface area (Å²) in [5, 5.41) is 0. The van der Waals surface area contributed by atoms with Crippen molar-refractivity contribution < 1.29 is 23.5 Å². The predicted octanol–water partition coefficient (Wildman–Crippen LogP) is -0.923. The number of imide groups is 1. The zero-order valence-electron chi connectivity index (χ0n) is 10.3. The van der Waals surface area contributed by atoms with E-state index in [0.717, 1.165) is 4.90 Å². The second kappa shape index (κ2) is 5.21. The lowest BCUT2D eigenvalue weighted by Crippen LogP contribution is -2.45. The maximum atomic E-state index is 11.6. The van der Waals surface area contributed by atoms with Crippen molar-refractivity contribution in [1.82, 2.24) is 10.3 Å². The molecule has 1 aromatic heterocycles. The Hall–Kier alpha value is -2.19. The number of hydrazine groups is 1. The van der Waals surface area contributed by atoms with Crippen LogP contribution in [0.5, 0.6) is 0 Å². The van der Waals surface area contributed by atoms with Gasteiger partial charge >= 0.3 is 5.91 Å².